The van der Waals surface area contributed by atoms with Crippen LogP contribution in [0.1, 0.15) is 11.3 Å². The highest BCUT2D eigenvalue weighted by Gasteiger charge is 2.18. The third-order valence-corrected chi connectivity index (χ3v) is 5.17. The molecule has 0 fully saturated rings. The van der Waals surface area contributed by atoms with Crippen LogP contribution in [0.15, 0.2) is 90.5 Å². The Kier molecular flexibility index (Phi) is 6.53. The number of rotatable bonds is 6. The van der Waals surface area contributed by atoms with Crippen LogP contribution in [-0.2, 0) is 4.79 Å². The molecule has 0 unspecified atom stereocenters. The molecule has 0 atom stereocenters. The molecule has 7 heteroatoms. The summed E-state index contributed by atoms with van der Waals surface area (Å²) in [7, 11) is 0. The molecule has 0 spiro atoms. The van der Waals surface area contributed by atoms with Crippen molar-refractivity contribution in [1.82, 2.24) is 9.78 Å². The Hall–Kier alpha value is -4.34. The highest BCUT2D eigenvalue weighted by atomic mass is 35.5. The summed E-state index contributed by atoms with van der Waals surface area (Å²) in [6.07, 6.45) is 1.44. The summed E-state index contributed by atoms with van der Waals surface area (Å²) in [6, 6.07) is 27.6. The van der Waals surface area contributed by atoms with Gasteiger partial charge in [-0.15, -0.1) is 0 Å². The summed E-state index contributed by atoms with van der Waals surface area (Å²) in [5.74, 6) is 0.510. The lowest BCUT2D eigenvalue weighted by atomic mass is 10.1. The average Bonchev–Trinajstić information content (AvgIpc) is 3.13. The second kappa shape index (κ2) is 9.86. The highest BCUT2D eigenvalue weighted by molar-refractivity contribution is 6.31. The molecule has 0 saturated carbocycles. The van der Waals surface area contributed by atoms with Crippen LogP contribution in [0.25, 0.3) is 11.8 Å². The van der Waals surface area contributed by atoms with Gasteiger partial charge in [0.15, 0.2) is 5.75 Å². The van der Waals surface area contributed by atoms with Crippen molar-refractivity contribution in [2.75, 3.05) is 5.32 Å². The number of nitrogens with one attached hydrogen (secondary N) is 1. The number of ether oxygens (including phenoxy) is 1. The molecule has 1 aromatic heterocycles. The molecule has 1 heterocycles. The van der Waals surface area contributed by atoms with E-state index < -0.39 is 5.91 Å². The first-order valence-electron chi connectivity index (χ1n) is 10.1. The van der Waals surface area contributed by atoms with Gasteiger partial charge in [-0.3, -0.25) is 4.79 Å². The first kappa shape index (κ1) is 21.9. The number of aryl methyl sites for hydroxylation is 1. The number of amides is 1. The first-order chi connectivity index (χ1) is 16.1. The molecule has 0 aliphatic carbocycles. The molecule has 4 aromatic rings. The van der Waals surface area contributed by atoms with Crippen LogP contribution in [0, 0.1) is 18.3 Å². The minimum atomic E-state index is -0.579. The predicted molar refractivity (Wildman–Crippen MR) is 128 cm³/mol. The van der Waals surface area contributed by atoms with Crippen LogP contribution in [0.3, 0.4) is 0 Å². The van der Waals surface area contributed by atoms with Gasteiger partial charge in [0.05, 0.1) is 17.1 Å². The van der Waals surface area contributed by atoms with Crippen molar-refractivity contribution in [1.29, 1.82) is 5.26 Å². The maximum Gasteiger partial charge on any atom is 0.266 e. The van der Waals surface area contributed by atoms with Crippen molar-refractivity contribution in [3.63, 3.8) is 0 Å². The zero-order valence-electron chi connectivity index (χ0n) is 17.7. The van der Waals surface area contributed by atoms with Crippen molar-refractivity contribution >= 4 is 29.3 Å². The summed E-state index contributed by atoms with van der Waals surface area (Å²) in [6.45, 7) is 1.77. The number of benzene rings is 3. The molecule has 0 aliphatic heterocycles. The molecule has 6 nitrogen and oxygen atoms in total. The number of para-hydroxylation sites is 4. The summed E-state index contributed by atoms with van der Waals surface area (Å²) < 4.78 is 7.45. The van der Waals surface area contributed by atoms with Crippen LogP contribution >= 0.6 is 11.6 Å². The topological polar surface area (TPSA) is 79.9 Å². The van der Waals surface area contributed by atoms with Gasteiger partial charge in [-0.25, -0.2) is 4.68 Å². The molecule has 4 rings (SSSR count). The third kappa shape index (κ3) is 4.95. The van der Waals surface area contributed by atoms with Gasteiger partial charge in [0.2, 0.25) is 0 Å². The van der Waals surface area contributed by atoms with E-state index in [4.69, 9.17) is 16.3 Å². The van der Waals surface area contributed by atoms with E-state index in [1.807, 2.05) is 66.7 Å². The Morgan fingerprint density at radius 3 is 2.36 bits per heavy atom. The number of anilines is 1. The number of hydrogen-bond donors (Lipinski definition) is 1. The molecule has 162 valence electrons. The number of hydrogen-bond acceptors (Lipinski definition) is 4. The van der Waals surface area contributed by atoms with Crippen molar-refractivity contribution in [3.8, 4) is 23.3 Å². The average molecular weight is 455 g/mol. The maximum absolute atomic E-state index is 12.9. The summed E-state index contributed by atoms with van der Waals surface area (Å²) in [5, 5.41) is 17.2. The molecule has 1 N–H and O–H groups in total. The van der Waals surface area contributed by atoms with Crippen molar-refractivity contribution in [2.45, 2.75) is 6.92 Å². The van der Waals surface area contributed by atoms with Crippen LogP contribution in [0.2, 0.25) is 5.15 Å². The quantitative estimate of drug-likeness (QED) is 0.279. The second-order valence-electron chi connectivity index (χ2n) is 7.07. The highest BCUT2D eigenvalue weighted by Crippen LogP contribution is 2.30. The molecular weight excluding hydrogens is 436 g/mol. The predicted octanol–water partition coefficient (Wildman–Crippen LogP) is 6.17. The number of aromatic nitrogens is 2. The summed E-state index contributed by atoms with van der Waals surface area (Å²) in [4.78, 5) is 12.9. The van der Waals surface area contributed by atoms with Gasteiger partial charge >= 0.3 is 0 Å². The molecule has 0 radical (unpaired) electrons. The van der Waals surface area contributed by atoms with E-state index in [1.54, 1.807) is 35.9 Å². The second-order valence-corrected chi connectivity index (χ2v) is 7.43. The fraction of sp³-hybridized carbons (Fsp3) is 0.0385. The number of halogens is 1. The Morgan fingerprint density at radius 2 is 1.67 bits per heavy atom. The van der Waals surface area contributed by atoms with Gasteiger partial charge in [0, 0.05) is 5.56 Å². The SMILES string of the molecule is Cc1nn(-c2ccccc2)c(Cl)c1C=C(C#N)C(=O)Nc1ccccc1Oc1ccccc1. The van der Waals surface area contributed by atoms with Crippen molar-refractivity contribution in [3.05, 3.63) is 107 Å². The van der Waals surface area contributed by atoms with Gasteiger partial charge < -0.3 is 10.1 Å². The number of carbonyl (C=O) groups excluding carboxylic acids is 1. The van der Waals surface area contributed by atoms with Crippen molar-refractivity contribution in [2.24, 2.45) is 0 Å². The van der Waals surface area contributed by atoms with E-state index in [1.165, 1.54) is 6.08 Å². The van der Waals surface area contributed by atoms with Crippen LogP contribution in [0.5, 0.6) is 11.5 Å². The van der Waals surface area contributed by atoms with Crippen LogP contribution < -0.4 is 10.1 Å². The van der Waals surface area contributed by atoms with Crippen LogP contribution in [-0.4, -0.2) is 15.7 Å². The minimum Gasteiger partial charge on any atom is -0.455 e. The Morgan fingerprint density at radius 1 is 1.03 bits per heavy atom. The Bertz CT molecular complexity index is 1360. The smallest absolute Gasteiger partial charge is 0.266 e. The minimum absolute atomic E-state index is 0.109. The van der Waals surface area contributed by atoms with E-state index in [0.29, 0.717) is 33.6 Å². The molecule has 1 amide bonds. The summed E-state index contributed by atoms with van der Waals surface area (Å²) >= 11 is 6.54. The number of carbonyl (C=O) groups is 1. The lowest BCUT2D eigenvalue weighted by Gasteiger charge is -2.12. The molecular formula is C26H19ClN4O2. The number of nitrogens with zero attached hydrogens (tertiary/aromatic N) is 3. The Balaban J connectivity index is 1.61. The van der Waals surface area contributed by atoms with E-state index in [2.05, 4.69) is 10.4 Å². The Labute approximate surface area is 196 Å². The molecule has 0 aliphatic rings. The largest absolute Gasteiger partial charge is 0.455 e. The standard InChI is InChI=1S/C26H19ClN4O2/c1-18-22(25(27)31(30-18)20-10-4-2-5-11-20)16-19(17-28)26(32)29-23-14-8-9-15-24(23)33-21-12-6-3-7-13-21/h2-16H,1H3,(H,29,32). The van der Waals surface area contributed by atoms with E-state index in [0.717, 1.165) is 5.69 Å². The van der Waals surface area contributed by atoms with Crippen LogP contribution in [0.4, 0.5) is 5.69 Å². The van der Waals surface area contributed by atoms with E-state index in [9.17, 15) is 10.1 Å². The van der Waals surface area contributed by atoms with Gasteiger partial charge in [-0.2, -0.15) is 10.4 Å². The fourth-order valence-corrected chi connectivity index (χ4v) is 3.50. The van der Waals surface area contributed by atoms with Gasteiger partial charge in [-0.1, -0.05) is 60.1 Å². The van der Waals surface area contributed by atoms with Gasteiger partial charge in [0.1, 0.15) is 22.5 Å². The third-order valence-electron chi connectivity index (χ3n) is 4.81. The lowest BCUT2D eigenvalue weighted by molar-refractivity contribution is -0.112. The number of nitriles is 1. The van der Waals surface area contributed by atoms with Gasteiger partial charge in [-0.05, 0) is 49.4 Å². The fourth-order valence-electron chi connectivity index (χ4n) is 3.17. The van der Waals surface area contributed by atoms with Gasteiger partial charge in [0.25, 0.3) is 5.91 Å². The van der Waals surface area contributed by atoms with E-state index in [-0.39, 0.29) is 5.57 Å². The molecule has 0 saturated heterocycles. The molecule has 0 bridgehead atoms. The summed E-state index contributed by atoms with van der Waals surface area (Å²) in [5.41, 5.74) is 2.20. The first-order valence-corrected chi connectivity index (χ1v) is 10.5. The maximum atomic E-state index is 12.9. The molecule has 33 heavy (non-hydrogen) atoms. The zero-order chi connectivity index (χ0) is 23.2. The lowest BCUT2D eigenvalue weighted by Crippen LogP contribution is -2.14. The monoisotopic (exact) mass is 454 g/mol. The van der Waals surface area contributed by atoms with E-state index >= 15 is 0 Å². The zero-order valence-corrected chi connectivity index (χ0v) is 18.5. The normalized spacial score (nSPS) is 11.0. The molecule has 3 aromatic carbocycles. The van der Waals surface area contributed by atoms with Crippen molar-refractivity contribution < 1.29 is 9.53 Å².